The van der Waals surface area contributed by atoms with Crippen LogP contribution in [0, 0.1) is 0 Å². The van der Waals surface area contributed by atoms with Crippen molar-refractivity contribution >= 4 is 22.5 Å². The number of carbonyl (C=O) groups excluding carboxylic acids is 1. The summed E-state index contributed by atoms with van der Waals surface area (Å²) in [6, 6.07) is 14.3. The molecule has 0 saturated carbocycles. The van der Waals surface area contributed by atoms with Gasteiger partial charge in [-0.1, -0.05) is 36.4 Å². The molecule has 2 aromatic carbocycles. The van der Waals surface area contributed by atoms with Gasteiger partial charge >= 0.3 is 10.1 Å². The van der Waals surface area contributed by atoms with Gasteiger partial charge in [0.1, 0.15) is 16.9 Å². The molecule has 2 rings (SSSR count). The van der Waals surface area contributed by atoms with E-state index in [1.165, 1.54) is 30.3 Å². The molecule has 0 unspecified atom stereocenters. The maximum absolute atomic E-state index is 12.0. The highest BCUT2D eigenvalue weighted by atomic mass is 32.2. The lowest BCUT2D eigenvalue weighted by Crippen LogP contribution is -2.09. The van der Waals surface area contributed by atoms with Crippen LogP contribution in [-0.4, -0.2) is 14.7 Å². The van der Waals surface area contributed by atoms with Crippen molar-refractivity contribution in [2.24, 2.45) is 0 Å². The molecule has 2 aromatic rings. The number of allylic oxidation sites excluding steroid dienone is 1. The average molecular weight is 288 g/mol. The fourth-order valence-corrected chi connectivity index (χ4v) is 2.50. The van der Waals surface area contributed by atoms with Crippen molar-refractivity contribution in [3.8, 4) is 5.75 Å². The van der Waals surface area contributed by atoms with Crippen molar-refractivity contribution in [2.75, 3.05) is 0 Å². The summed E-state index contributed by atoms with van der Waals surface area (Å²) in [7, 11) is -3.82. The molecular formula is C15H12O4S. The normalized spacial score (nSPS) is 11.4. The molecular weight excluding hydrogens is 276 g/mol. The van der Waals surface area contributed by atoms with Crippen LogP contribution in [0.25, 0.3) is 6.08 Å². The van der Waals surface area contributed by atoms with Crippen molar-refractivity contribution in [3.63, 3.8) is 0 Å². The topological polar surface area (TPSA) is 60.4 Å². The highest BCUT2D eigenvalue weighted by molar-refractivity contribution is 7.87. The first-order valence-corrected chi connectivity index (χ1v) is 7.24. The van der Waals surface area contributed by atoms with Gasteiger partial charge in [-0.3, -0.25) is 4.79 Å². The van der Waals surface area contributed by atoms with E-state index in [4.69, 9.17) is 4.18 Å². The van der Waals surface area contributed by atoms with Crippen LogP contribution in [0.4, 0.5) is 0 Å². The Morgan fingerprint density at radius 2 is 1.55 bits per heavy atom. The highest BCUT2D eigenvalue weighted by Gasteiger charge is 2.15. The van der Waals surface area contributed by atoms with Gasteiger partial charge in [0.25, 0.3) is 0 Å². The molecule has 0 amide bonds. The second-order valence-corrected chi connectivity index (χ2v) is 5.46. The quantitative estimate of drug-likeness (QED) is 0.482. The molecule has 0 radical (unpaired) electrons. The van der Waals surface area contributed by atoms with Gasteiger partial charge in [0.05, 0.1) is 0 Å². The van der Waals surface area contributed by atoms with Crippen LogP contribution in [0.2, 0.25) is 0 Å². The van der Waals surface area contributed by atoms with Gasteiger partial charge in [0.2, 0.25) is 0 Å². The third-order valence-corrected chi connectivity index (χ3v) is 3.75. The first kappa shape index (κ1) is 14.0. The molecule has 4 nitrogen and oxygen atoms in total. The maximum Gasteiger partial charge on any atom is 0.339 e. The molecule has 0 aliphatic carbocycles. The Morgan fingerprint density at radius 1 is 0.900 bits per heavy atom. The summed E-state index contributed by atoms with van der Waals surface area (Å²) in [5, 5.41) is 0. The molecule has 20 heavy (non-hydrogen) atoms. The monoisotopic (exact) mass is 288 g/mol. The SMILES string of the molecule is O=C/C=C/c1ccc(OS(=O)(=O)c2ccccc2)cc1. The van der Waals surface area contributed by atoms with Gasteiger partial charge in [-0.25, -0.2) is 0 Å². The molecule has 0 heterocycles. The third kappa shape index (κ3) is 3.55. The Labute approximate surface area is 117 Å². The second kappa shape index (κ2) is 6.16. The number of benzene rings is 2. The molecule has 0 saturated heterocycles. The van der Waals surface area contributed by atoms with Crippen molar-refractivity contribution in [1.29, 1.82) is 0 Å². The Hall–Kier alpha value is -2.40. The number of aldehydes is 1. The zero-order valence-corrected chi connectivity index (χ0v) is 11.3. The summed E-state index contributed by atoms with van der Waals surface area (Å²) in [6.45, 7) is 0. The Balaban J connectivity index is 2.18. The van der Waals surface area contributed by atoms with Gasteiger partial charge in [-0.05, 0) is 35.9 Å². The van der Waals surface area contributed by atoms with E-state index in [0.717, 1.165) is 5.56 Å². The van der Waals surface area contributed by atoms with Crippen molar-refractivity contribution in [2.45, 2.75) is 4.90 Å². The second-order valence-electron chi connectivity index (χ2n) is 3.91. The lowest BCUT2D eigenvalue weighted by molar-refractivity contribution is -0.104. The minimum atomic E-state index is -3.82. The van der Waals surface area contributed by atoms with Gasteiger partial charge in [-0.15, -0.1) is 0 Å². The largest absolute Gasteiger partial charge is 0.379 e. The third-order valence-electron chi connectivity index (χ3n) is 2.49. The first-order valence-electron chi connectivity index (χ1n) is 5.83. The fraction of sp³-hybridized carbons (Fsp3) is 0. The van der Waals surface area contributed by atoms with Crippen LogP contribution >= 0.6 is 0 Å². The zero-order chi connectivity index (χ0) is 14.4. The van der Waals surface area contributed by atoms with Gasteiger partial charge in [0.15, 0.2) is 0 Å². The highest BCUT2D eigenvalue weighted by Crippen LogP contribution is 2.19. The number of hydrogen-bond acceptors (Lipinski definition) is 4. The van der Waals surface area contributed by atoms with E-state index in [1.807, 2.05) is 0 Å². The van der Waals surface area contributed by atoms with Crippen LogP contribution in [0.15, 0.2) is 65.6 Å². The van der Waals surface area contributed by atoms with Crippen LogP contribution < -0.4 is 4.18 Å². The molecule has 102 valence electrons. The van der Waals surface area contributed by atoms with Crippen LogP contribution in [0.5, 0.6) is 5.75 Å². The van der Waals surface area contributed by atoms with Crippen LogP contribution in [0.3, 0.4) is 0 Å². The zero-order valence-electron chi connectivity index (χ0n) is 10.5. The molecule has 0 fully saturated rings. The van der Waals surface area contributed by atoms with Crippen LogP contribution in [0.1, 0.15) is 5.56 Å². The molecule has 0 spiro atoms. The van der Waals surface area contributed by atoms with Gasteiger partial charge in [0, 0.05) is 0 Å². The van der Waals surface area contributed by atoms with E-state index >= 15 is 0 Å². The minimum Gasteiger partial charge on any atom is -0.379 e. The number of rotatable bonds is 5. The van der Waals surface area contributed by atoms with E-state index in [1.54, 1.807) is 36.4 Å². The summed E-state index contributed by atoms with van der Waals surface area (Å²) in [5.74, 6) is 0.220. The summed E-state index contributed by atoms with van der Waals surface area (Å²) >= 11 is 0. The Kier molecular flexibility index (Phi) is 4.32. The van der Waals surface area contributed by atoms with E-state index in [2.05, 4.69) is 0 Å². The van der Waals surface area contributed by atoms with E-state index < -0.39 is 10.1 Å². The van der Waals surface area contributed by atoms with Gasteiger partial charge in [-0.2, -0.15) is 8.42 Å². The van der Waals surface area contributed by atoms with Crippen molar-refractivity contribution in [1.82, 2.24) is 0 Å². The molecule has 0 aliphatic rings. The smallest absolute Gasteiger partial charge is 0.339 e. The number of carbonyl (C=O) groups is 1. The maximum atomic E-state index is 12.0. The summed E-state index contributed by atoms with van der Waals surface area (Å²) in [6.07, 6.45) is 3.64. The fourth-order valence-electron chi connectivity index (χ4n) is 1.55. The minimum absolute atomic E-state index is 0.102. The predicted octanol–water partition coefficient (Wildman–Crippen LogP) is 2.67. The molecule has 0 N–H and O–H groups in total. The molecule has 5 heteroatoms. The predicted molar refractivity (Wildman–Crippen MR) is 75.8 cm³/mol. The van der Waals surface area contributed by atoms with Gasteiger partial charge < -0.3 is 4.18 Å². The van der Waals surface area contributed by atoms with Crippen molar-refractivity contribution in [3.05, 3.63) is 66.2 Å². The average Bonchev–Trinajstić information content (AvgIpc) is 2.47. The summed E-state index contributed by atoms with van der Waals surface area (Å²) < 4.78 is 29.0. The Bertz CT molecular complexity index is 701. The molecule has 0 aliphatic heterocycles. The lowest BCUT2D eigenvalue weighted by Gasteiger charge is -2.06. The van der Waals surface area contributed by atoms with Crippen LogP contribution in [-0.2, 0) is 14.9 Å². The summed E-state index contributed by atoms with van der Waals surface area (Å²) in [4.78, 5) is 10.3. The van der Waals surface area contributed by atoms with Crippen molar-refractivity contribution < 1.29 is 17.4 Å². The van der Waals surface area contributed by atoms with E-state index in [9.17, 15) is 13.2 Å². The number of hydrogen-bond donors (Lipinski definition) is 0. The van der Waals surface area contributed by atoms with E-state index in [0.29, 0.717) is 6.29 Å². The first-order chi connectivity index (χ1) is 9.62. The standard InChI is InChI=1S/C15H12O4S/c16-12-4-5-13-8-10-14(11-9-13)19-20(17,18)15-6-2-1-3-7-15/h1-12H/b5-4+. The molecule has 0 atom stereocenters. The van der Waals surface area contributed by atoms with E-state index in [-0.39, 0.29) is 10.6 Å². The Morgan fingerprint density at radius 3 is 2.15 bits per heavy atom. The molecule has 0 bridgehead atoms. The summed E-state index contributed by atoms with van der Waals surface area (Å²) in [5.41, 5.74) is 0.779. The molecule has 0 aromatic heterocycles. The lowest BCUT2D eigenvalue weighted by atomic mass is 10.2.